The average Bonchev–Trinajstić information content (AvgIpc) is 2.30. The van der Waals surface area contributed by atoms with Gasteiger partial charge in [-0.1, -0.05) is 0 Å². The number of ketones is 1. The highest BCUT2D eigenvalue weighted by Crippen LogP contribution is 2.12. The van der Waals surface area contributed by atoms with Crippen molar-refractivity contribution in [2.45, 2.75) is 39.2 Å². The van der Waals surface area contributed by atoms with Crippen LogP contribution in [-0.2, 0) is 11.2 Å². The Hall–Kier alpha value is -0.740. The number of aryl methyl sites for hydroxylation is 1. The second-order valence-electron chi connectivity index (χ2n) is 4.26. The average molecular weight is 212 g/mol. The van der Waals surface area contributed by atoms with Crippen LogP contribution in [0.25, 0.3) is 0 Å². The number of carbonyl (C=O) groups excluding carboxylic acids is 1. The normalized spacial score (nSPS) is 11.7. The van der Waals surface area contributed by atoms with Crippen LogP contribution in [0.5, 0.6) is 0 Å². The third kappa shape index (κ3) is 3.98. The van der Waals surface area contributed by atoms with Crippen LogP contribution in [0.3, 0.4) is 0 Å². The molecule has 4 heteroatoms. The first-order valence-electron chi connectivity index (χ1n) is 4.58. The van der Waals surface area contributed by atoms with E-state index in [1.54, 1.807) is 0 Å². The number of carbonyl (C=O) groups is 1. The lowest BCUT2D eigenvalue weighted by Gasteiger charge is -2.16. The van der Waals surface area contributed by atoms with Crippen LogP contribution in [0.1, 0.15) is 31.0 Å². The van der Waals surface area contributed by atoms with Crippen LogP contribution in [0.2, 0.25) is 0 Å². The fourth-order valence-electron chi connectivity index (χ4n) is 1.22. The van der Waals surface area contributed by atoms with Crippen molar-refractivity contribution in [3.05, 3.63) is 16.1 Å². The molecule has 78 valence electrons. The molecule has 0 radical (unpaired) electrons. The molecule has 0 aliphatic rings. The summed E-state index contributed by atoms with van der Waals surface area (Å²) in [5.74, 6) is 0.159. The summed E-state index contributed by atoms with van der Waals surface area (Å²) in [6, 6.07) is 0. The molecular formula is C10H16N2OS. The summed E-state index contributed by atoms with van der Waals surface area (Å²) in [5.41, 5.74) is 6.32. The zero-order chi connectivity index (χ0) is 10.8. The molecule has 0 aliphatic heterocycles. The quantitative estimate of drug-likeness (QED) is 0.826. The molecule has 0 aliphatic carbocycles. The molecule has 0 aromatic carbocycles. The van der Waals surface area contributed by atoms with Gasteiger partial charge in [-0.25, -0.2) is 4.98 Å². The fourth-order valence-corrected chi connectivity index (χ4v) is 2.02. The number of thiazole rings is 1. The summed E-state index contributed by atoms with van der Waals surface area (Å²) < 4.78 is 0. The molecule has 0 atom stereocenters. The maximum absolute atomic E-state index is 11.5. The first-order chi connectivity index (χ1) is 6.37. The van der Waals surface area contributed by atoms with E-state index in [1.807, 2.05) is 26.2 Å². The maximum atomic E-state index is 11.5. The van der Waals surface area contributed by atoms with Gasteiger partial charge in [0.25, 0.3) is 0 Å². The number of hydrogen-bond acceptors (Lipinski definition) is 4. The minimum atomic E-state index is -0.413. The predicted molar refractivity (Wildman–Crippen MR) is 58.4 cm³/mol. The van der Waals surface area contributed by atoms with Gasteiger partial charge in [0, 0.05) is 23.0 Å². The number of aromatic nitrogens is 1. The predicted octanol–water partition coefficient (Wildman–Crippen LogP) is 1.69. The van der Waals surface area contributed by atoms with Crippen molar-refractivity contribution in [2.75, 3.05) is 0 Å². The van der Waals surface area contributed by atoms with E-state index in [4.69, 9.17) is 5.73 Å². The number of Topliss-reactive ketones (excluding diaryl/α,β-unsaturated/α-hetero) is 1. The van der Waals surface area contributed by atoms with Gasteiger partial charge in [0.1, 0.15) is 10.8 Å². The van der Waals surface area contributed by atoms with E-state index < -0.39 is 5.54 Å². The summed E-state index contributed by atoms with van der Waals surface area (Å²) in [4.78, 5) is 15.8. The molecule has 0 saturated heterocycles. The standard InChI is InChI=1S/C10H16N2OS/c1-7-6-14-9(12-7)4-8(13)5-10(2,3)11/h6H,4-5,11H2,1-3H3. The van der Waals surface area contributed by atoms with Gasteiger partial charge in [-0.05, 0) is 20.8 Å². The Kier molecular flexibility index (Phi) is 3.39. The minimum absolute atomic E-state index is 0.159. The van der Waals surface area contributed by atoms with Crippen molar-refractivity contribution in [2.24, 2.45) is 5.73 Å². The monoisotopic (exact) mass is 212 g/mol. The largest absolute Gasteiger partial charge is 0.325 e. The maximum Gasteiger partial charge on any atom is 0.141 e. The lowest BCUT2D eigenvalue weighted by Crippen LogP contribution is -2.35. The van der Waals surface area contributed by atoms with Crippen LogP contribution in [-0.4, -0.2) is 16.3 Å². The van der Waals surface area contributed by atoms with Crippen molar-refractivity contribution in [3.8, 4) is 0 Å². The highest BCUT2D eigenvalue weighted by Gasteiger charge is 2.17. The third-order valence-corrected chi connectivity index (χ3v) is 2.63. The van der Waals surface area contributed by atoms with Gasteiger partial charge in [0.2, 0.25) is 0 Å². The van der Waals surface area contributed by atoms with Crippen LogP contribution in [0.15, 0.2) is 5.38 Å². The Bertz CT molecular complexity index is 325. The topological polar surface area (TPSA) is 56.0 Å². The van der Waals surface area contributed by atoms with Crippen LogP contribution >= 0.6 is 11.3 Å². The Balaban J connectivity index is 2.50. The smallest absolute Gasteiger partial charge is 0.141 e. The third-order valence-electron chi connectivity index (χ3n) is 1.67. The van der Waals surface area contributed by atoms with Crippen molar-refractivity contribution in [3.63, 3.8) is 0 Å². The van der Waals surface area contributed by atoms with E-state index in [1.165, 1.54) is 11.3 Å². The number of nitrogens with zero attached hydrogens (tertiary/aromatic N) is 1. The molecule has 0 amide bonds. The minimum Gasteiger partial charge on any atom is -0.325 e. The molecule has 0 bridgehead atoms. The number of nitrogens with two attached hydrogens (primary N) is 1. The summed E-state index contributed by atoms with van der Waals surface area (Å²) in [5, 5.41) is 2.84. The van der Waals surface area contributed by atoms with E-state index in [2.05, 4.69) is 4.98 Å². The van der Waals surface area contributed by atoms with Gasteiger partial charge in [0.15, 0.2) is 0 Å². The SMILES string of the molecule is Cc1csc(CC(=O)CC(C)(C)N)n1. The van der Waals surface area contributed by atoms with Crippen LogP contribution < -0.4 is 5.73 Å². The lowest BCUT2D eigenvalue weighted by atomic mass is 9.98. The Morgan fingerprint density at radius 2 is 2.29 bits per heavy atom. The van der Waals surface area contributed by atoms with E-state index in [0.717, 1.165) is 10.7 Å². The molecule has 2 N–H and O–H groups in total. The fraction of sp³-hybridized carbons (Fsp3) is 0.600. The molecular weight excluding hydrogens is 196 g/mol. The number of rotatable bonds is 4. The van der Waals surface area contributed by atoms with E-state index in [-0.39, 0.29) is 5.78 Å². The summed E-state index contributed by atoms with van der Waals surface area (Å²) >= 11 is 1.53. The van der Waals surface area contributed by atoms with Crippen molar-refractivity contribution in [1.82, 2.24) is 4.98 Å². The highest BCUT2D eigenvalue weighted by atomic mass is 32.1. The van der Waals surface area contributed by atoms with Crippen molar-refractivity contribution in [1.29, 1.82) is 0 Å². The van der Waals surface area contributed by atoms with Gasteiger partial charge in [-0.15, -0.1) is 11.3 Å². The Morgan fingerprint density at radius 3 is 2.71 bits per heavy atom. The highest BCUT2D eigenvalue weighted by molar-refractivity contribution is 7.09. The van der Waals surface area contributed by atoms with E-state index >= 15 is 0 Å². The van der Waals surface area contributed by atoms with Crippen LogP contribution in [0.4, 0.5) is 0 Å². The molecule has 0 unspecified atom stereocenters. The molecule has 14 heavy (non-hydrogen) atoms. The molecule has 3 nitrogen and oxygen atoms in total. The molecule has 0 fully saturated rings. The van der Waals surface area contributed by atoms with Crippen molar-refractivity contribution >= 4 is 17.1 Å². The van der Waals surface area contributed by atoms with Gasteiger partial charge in [-0.2, -0.15) is 0 Å². The summed E-state index contributed by atoms with van der Waals surface area (Å²) in [6.45, 7) is 5.65. The zero-order valence-corrected chi connectivity index (χ0v) is 9.65. The molecule has 1 aromatic heterocycles. The second-order valence-corrected chi connectivity index (χ2v) is 5.21. The van der Waals surface area contributed by atoms with Gasteiger partial charge in [0.05, 0.1) is 6.42 Å². The lowest BCUT2D eigenvalue weighted by molar-refractivity contribution is -0.119. The molecule has 0 saturated carbocycles. The number of hydrogen-bond donors (Lipinski definition) is 1. The zero-order valence-electron chi connectivity index (χ0n) is 8.83. The Morgan fingerprint density at radius 1 is 1.64 bits per heavy atom. The first-order valence-corrected chi connectivity index (χ1v) is 5.46. The van der Waals surface area contributed by atoms with Gasteiger partial charge < -0.3 is 5.73 Å². The van der Waals surface area contributed by atoms with E-state index in [9.17, 15) is 4.79 Å². The first kappa shape index (κ1) is 11.3. The molecule has 0 spiro atoms. The van der Waals surface area contributed by atoms with Gasteiger partial charge in [-0.3, -0.25) is 4.79 Å². The van der Waals surface area contributed by atoms with Gasteiger partial charge >= 0.3 is 0 Å². The molecule has 1 heterocycles. The second kappa shape index (κ2) is 4.19. The van der Waals surface area contributed by atoms with E-state index in [0.29, 0.717) is 12.8 Å². The molecule has 1 aromatic rings. The van der Waals surface area contributed by atoms with Crippen molar-refractivity contribution < 1.29 is 4.79 Å². The Labute approximate surface area is 88.3 Å². The van der Waals surface area contributed by atoms with Crippen LogP contribution in [0, 0.1) is 6.92 Å². The molecule has 1 rings (SSSR count). The summed E-state index contributed by atoms with van der Waals surface area (Å²) in [6.07, 6.45) is 0.824. The summed E-state index contributed by atoms with van der Waals surface area (Å²) in [7, 11) is 0.